The predicted octanol–water partition coefficient (Wildman–Crippen LogP) is 2.72. The first kappa shape index (κ1) is 37.1. The minimum absolute atomic E-state index is 0.00333. The summed E-state index contributed by atoms with van der Waals surface area (Å²) in [4.78, 5) is 61.9. The Morgan fingerprint density at radius 3 is 2.15 bits per heavy atom. The summed E-state index contributed by atoms with van der Waals surface area (Å²) in [6.07, 6.45) is 8.66. The molecule has 0 bridgehead atoms. The van der Waals surface area contributed by atoms with Gasteiger partial charge in [0.15, 0.2) is 0 Å². The van der Waals surface area contributed by atoms with Gasteiger partial charge in [-0.3, -0.25) is 29.0 Å². The largest absolute Gasteiger partial charge is 0.339 e. The number of hydrogen-bond donors (Lipinski definition) is 2. The van der Waals surface area contributed by atoms with Gasteiger partial charge in [-0.25, -0.2) is 9.49 Å². The Balaban J connectivity index is 0.816. The van der Waals surface area contributed by atoms with Gasteiger partial charge >= 0.3 is 0 Å². The Labute approximate surface area is 310 Å². The van der Waals surface area contributed by atoms with E-state index in [4.69, 9.17) is 0 Å². The minimum atomic E-state index is -0.588. The van der Waals surface area contributed by atoms with Crippen LogP contribution < -0.4 is 10.9 Å². The minimum Gasteiger partial charge on any atom is -0.339 e. The number of nitrogens with one attached hydrogen (secondary N) is 2. The highest BCUT2D eigenvalue weighted by molar-refractivity contribution is 5.95. The van der Waals surface area contributed by atoms with Gasteiger partial charge in [0.1, 0.15) is 5.82 Å². The standard InChI is InChI=1S/C40H53FN8O4/c41-35-11-10-30(25-36-32-8-4-5-9-33(32)39(52)44-43-36)24-34(35)40(53)49-22-20-48(21-23-49)38(51)28-45-14-12-29(13-15-45)27-46-16-18-47(19-17-46)37(50)26-42-31-6-2-1-3-7-31/h4-5,8-11,24,29,31,42H,1-3,6-7,12-23,25-28H2,(H,44,52). The molecule has 2 aromatic carbocycles. The molecule has 0 radical (unpaired) electrons. The van der Waals surface area contributed by atoms with Crippen LogP contribution >= 0.6 is 0 Å². The first-order valence-electron chi connectivity index (χ1n) is 19.6. The maximum atomic E-state index is 15.0. The topological polar surface area (TPSA) is 125 Å². The third kappa shape index (κ3) is 9.31. The molecule has 3 amide bonds. The first-order chi connectivity index (χ1) is 25.8. The number of halogens is 1. The van der Waals surface area contributed by atoms with E-state index in [2.05, 4.69) is 25.3 Å². The van der Waals surface area contributed by atoms with Gasteiger partial charge in [-0.05, 0) is 68.5 Å². The van der Waals surface area contributed by atoms with E-state index in [0.717, 1.165) is 64.0 Å². The summed E-state index contributed by atoms with van der Waals surface area (Å²) < 4.78 is 15.0. The summed E-state index contributed by atoms with van der Waals surface area (Å²) in [6, 6.07) is 12.2. The number of fused-ring (bicyclic) bond motifs is 1. The molecule has 12 nitrogen and oxygen atoms in total. The number of aromatic nitrogens is 2. The van der Waals surface area contributed by atoms with Crippen LogP contribution in [0, 0.1) is 11.7 Å². The molecule has 2 N–H and O–H groups in total. The molecule has 4 aliphatic rings. The summed E-state index contributed by atoms with van der Waals surface area (Å²) in [5.74, 6) is -0.0830. The summed E-state index contributed by atoms with van der Waals surface area (Å²) in [5, 5.41) is 11.5. The highest BCUT2D eigenvalue weighted by Gasteiger charge is 2.30. The molecule has 1 aliphatic carbocycles. The number of benzene rings is 2. The zero-order chi connectivity index (χ0) is 36.7. The number of H-pyrrole nitrogens is 1. The van der Waals surface area contributed by atoms with Gasteiger partial charge in [0.05, 0.1) is 29.7 Å². The van der Waals surface area contributed by atoms with Gasteiger partial charge in [0.2, 0.25) is 11.8 Å². The second kappa shape index (κ2) is 17.3. The van der Waals surface area contributed by atoms with E-state index in [1.165, 1.54) is 38.2 Å². The molecule has 3 aromatic rings. The first-order valence-corrected chi connectivity index (χ1v) is 19.6. The van der Waals surface area contributed by atoms with Crippen molar-refractivity contribution >= 4 is 28.5 Å². The number of piperidine rings is 1. The van der Waals surface area contributed by atoms with Crippen molar-refractivity contribution in [3.05, 3.63) is 75.5 Å². The lowest BCUT2D eigenvalue weighted by Crippen LogP contribution is -2.54. The Hall–Kier alpha value is -4.20. The molecule has 3 aliphatic heterocycles. The lowest BCUT2D eigenvalue weighted by atomic mass is 9.95. The van der Waals surface area contributed by atoms with Crippen molar-refractivity contribution in [3.63, 3.8) is 0 Å². The third-order valence-corrected chi connectivity index (χ3v) is 11.8. The summed E-state index contributed by atoms with van der Waals surface area (Å²) in [7, 11) is 0. The molecule has 1 saturated carbocycles. The van der Waals surface area contributed by atoms with Crippen LogP contribution in [0.2, 0.25) is 0 Å². The van der Waals surface area contributed by atoms with Crippen molar-refractivity contribution in [2.24, 2.45) is 5.92 Å². The zero-order valence-electron chi connectivity index (χ0n) is 30.7. The second-order valence-electron chi connectivity index (χ2n) is 15.3. The van der Waals surface area contributed by atoms with E-state index in [1.54, 1.807) is 29.2 Å². The zero-order valence-corrected chi connectivity index (χ0v) is 30.7. The van der Waals surface area contributed by atoms with Gasteiger partial charge in [-0.1, -0.05) is 43.5 Å². The number of aromatic amines is 1. The average Bonchev–Trinajstić information content (AvgIpc) is 3.20. The number of rotatable bonds is 10. The second-order valence-corrected chi connectivity index (χ2v) is 15.3. The van der Waals surface area contributed by atoms with Gasteiger partial charge in [-0.15, -0.1) is 0 Å². The van der Waals surface area contributed by atoms with Crippen molar-refractivity contribution in [3.8, 4) is 0 Å². The van der Waals surface area contributed by atoms with Crippen LogP contribution in [-0.4, -0.2) is 144 Å². The summed E-state index contributed by atoms with van der Waals surface area (Å²) in [5.41, 5.74) is 1.08. The number of piperazine rings is 2. The van der Waals surface area contributed by atoms with E-state index in [1.807, 2.05) is 21.9 Å². The van der Waals surface area contributed by atoms with Crippen LogP contribution in [0.15, 0.2) is 47.3 Å². The SMILES string of the molecule is O=C(CNC1CCCCC1)N1CCN(CC2CCN(CC(=O)N3CCN(C(=O)c4cc(Cc5n[nH]c(=O)c6ccccc56)ccc4F)CC3)CC2)CC1. The summed E-state index contributed by atoms with van der Waals surface area (Å²) >= 11 is 0. The van der Waals surface area contributed by atoms with E-state index in [0.29, 0.717) is 74.3 Å². The lowest BCUT2D eigenvalue weighted by molar-refractivity contribution is -0.134. The van der Waals surface area contributed by atoms with Gasteiger partial charge in [0.25, 0.3) is 11.5 Å². The number of carbonyl (C=O) groups excluding carboxylic acids is 3. The van der Waals surface area contributed by atoms with E-state index in [9.17, 15) is 23.6 Å². The van der Waals surface area contributed by atoms with Gasteiger partial charge in [-0.2, -0.15) is 5.10 Å². The van der Waals surface area contributed by atoms with Crippen LogP contribution in [0.1, 0.15) is 66.6 Å². The van der Waals surface area contributed by atoms with Crippen molar-refractivity contribution < 1.29 is 18.8 Å². The van der Waals surface area contributed by atoms with E-state index < -0.39 is 11.7 Å². The quantitative estimate of drug-likeness (QED) is 0.327. The molecular weight excluding hydrogens is 675 g/mol. The Morgan fingerprint density at radius 1 is 0.755 bits per heavy atom. The van der Waals surface area contributed by atoms with Crippen molar-refractivity contribution in [2.45, 2.75) is 57.4 Å². The molecule has 13 heteroatoms. The fraction of sp³-hybridized carbons (Fsp3) is 0.575. The molecule has 7 rings (SSSR count). The monoisotopic (exact) mass is 728 g/mol. The lowest BCUT2D eigenvalue weighted by Gasteiger charge is -2.39. The average molecular weight is 729 g/mol. The maximum absolute atomic E-state index is 15.0. The highest BCUT2D eigenvalue weighted by Crippen LogP contribution is 2.22. The van der Waals surface area contributed by atoms with Gasteiger partial charge < -0.3 is 20.0 Å². The van der Waals surface area contributed by atoms with Crippen LogP contribution in [-0.2, 0) is 16.0 Å². The Bertz CT molecular complexity index is 1810. The molecule has 1 aromatic heterocycles. The molecule has 0 atom stereocenters. The molecule has 4 heterocycles. The molecule has 284 valence electrons. The number of nitrogens with zero attached hydrogens (tertiary/aromatic N) is 6. The molecule has 0 unspecified atom stereocenters. The van der Waals surface area contributed by atoms with Crippen LogP contribution in [0.5, 0.6) is 0 Å². The van der Waals surface area contributed by atoms with E-state index >= 15 is 0 Å². The van der Waals surface area contributed by atoms with Crippen LogP contribution in [0.3, 0.4) is 0 Å². The normalized spacial score (nSPS) is 19.9. The smallest absolute Gasteiger partial charge is 0.272 e. The number of amides is 3. The number of carbonyl (C=O) groups is 3. The van der Waals surface area contributed by atoms with E-state index in [-0.39, 0.29) is 22.9 Å². The maximum Gasteiger partial charge on any atom is 0.272 e. The molecule has 0 spiro atoms. The van der Waals surface area contributed by atoms with Crippen LogP contribution in [0.4, 0.5) is 4.39 Å². The fourth-order valence-corrected chi connectivity index (χ4v) is 8.49. The third-order valence-electron chi connectivity index (χ3n) is 11.8. The molecular formula is C40H53FN8O4. The van der Waals surface area contributed by atoms with Crippen LogP contribution in [0.25, 0.3) is 10.8 Å². The number of hydrogen-bond acceptors (Lipinski definition) is 8. The van der Waals surface area contributed by atoms with Crippen molar-refractivity contribution in [2.75, 3.05) is 85.1 Å². The van der Waals surface area contributed by atoms with Crippen molar-refractivity contribution in [1.82, 2.24) is 40.0 Å². The highest BCUT2D eigenvalue weighted by atomic mass is 19.1. The Morgan fingerprint density at radius 2 is 1.42 bits per heavy atom. The number of likely N-dealkylation sites (tertiary alicyclic amines) is 1. The molecule has 53 heavy (non-hydrogen) atoms. The van der Waals surface area contributed by atoms with Gasteiger partial charge in [0, 0.05) is 76.8 Å². The molecule has 4 fully saturated rings. The Kier molecular flexibility index (Phi) is 12.1. The molecule has 3 saturated heterocycles. The fourth-order valence-electron chi connectivity index (χ4n) is 8.49. The van der Waals surface area contributed by atoms with Crippen molar-refractivity contribution in [1.29, 1.82) is 0 Å². The summed E-state index contributed by atoms with van der Waals surface area (Å²) in [6.45, 7) is 8.63. The predicted molar refractivity (Wildman–Crippen MR) is 201 cm³/mol.